The quantitative estimate of drug-likeness (QED) is 0.578. The fourth-order valence-electron chi connectivity index (χ4n) is 1.97. The summed E-state index contributed by atoms with van der Waals surface area (Å²) in [4.78, 5) is 11.7. The van der Waals surface area contributed by atoms with E-state index in [4.69, 9.17) is 19.5 Å². The third kappa shape index (κ3) is 4.88. The van der Waals surface area contributed by atoms with Crippen molar-refractivity contribution < 1.29 is 24.1 Å². The van der Waals surface area contributed by atoms with E-state index in [-0.39, 0.29) is 23.9 Å². The lowest BCUT2D eigenvalue weighted by Crippen LogP contribution is -2.24. The summed E-state index contributed by atoms with van der Waals surface area (Å²) in [6, 6.07) is 11.5. The SMILES string of the molecule is COc1cc(/C=N/NC(=O)COc2ccc(C#N)cc2)cc(OC)c1O. The Hall–Kier alpha value is -3.73. The minimum atomic E-state index is -0.455. The third-order valence-corrected chi connectivity index (χ3v) is 3.26. The van der Waals surface area contributed by atoms with Gasteiger partial charge in [-0.15, -0.1) is 0 Å². The van der Waals surface area contributed by atoms with E-state index in [1.165, 1.54) is 20.4 Å². The molecule has 2 aromatic rings. The van der Waals surface area contributed by atoms with Crippen LogP contribution in [0.5, 0.6) is 23.0 Å². The van der Waals surface area contributed by atoms with Gasteiger partial charge >= 0.3 is 0 Å². The zero-order valence-electron chi connectivity index (χ0n) is 14.2. The fourth-order valence-corrected chi connectivity index (χ4v) is 1.97. The Labute approximate surface area is 150 Å². The van der Waals surface area contributed by atoms with E-state index in [9.17, 15) is 9.90 Å². The number of hydrogen-bond donors (Lipinski definition) is 2. The van der Waals surface area contributed by atoms with Crippen molar-refractivity contribution in [2.24, 2.45) is 5.10 Å². The standard InChI is InChI=1S/C18H17N3O5/c1-24-15-7-13(8-16(25-2)18(15)23)10-20-21-17(22)11-26-14-5-3-12(9-19)4-6-14/h3-8,10,23H,11H2,1-2H3,(H,21,22)/b20-10+. The van der Waals surface area contributed by atoms with Crippen LogP contribution in [0, 0.1) is 11.3 Å². The van der Waals surface area contributed by atoms with Gasteiger partial charge in [0.2, 0.25) is 5.75 Å². The van der Waals surface area contributed by atoms with E-state index >= 15 is 0 Å². The Balaban J connectivity index is 1.91. The van der Waals surface area contributed by atoms with Gasteiger partial charge in [-0.3, -0.25) is 4.79 Å². The molecule has 134 valence electrons. The molecule has 0 spiro atoms. The van der Waals surface area contributed by atoms with Gasteiger partial charge in [0.25, 0.3) is 5.91 Å². The van der Waals surface area contributed by atoms with Gasteiger partial charge in [-0.05, 0) is 36.4 Å². The maximum Gasteiger partial charge on any atom is 0.277 e. The first-order valence-electron chi connectivity index (χ1n) is 7.47. The van der Waals surface area contributed by atoms with Gasteiger partial charge in [0.05, 0.1) is 32.1 Å². The van der Waals surface area contributed by atoms with E-state index < -0.39 is 5.91 Å². The van der Waals surface area contributed by atoms with Crippen LogP contribution in [0.1, 0.15) is 11.1 Å². The van der Waals surface area contributed by atoms with Crippen LogP contribution in [-0.2, 0) is 4.79 Å². The maximum atomic E-state index is 11.7. The number of nitrogens with zero attached hydrogens (tertiary/aromatic N) is 2. The molecule has 2 aromatic carbocycles. The maximum absolute atomic E-state index is 11.7. The van der Waals surface area contributed by atoms with E-state index in [0.717, 1.165) is 0 Å². The molecule has 0 unspecified atom stereocenters. The number of amides is 1. The van der Waals surface area contributed by atoms with Crippen molar-refractivity contribution in [3.63, 3.8) is 0 Å². The number of phenolic OH excluding ortho intramolecular Hbond substituents is 1. The van der Waals surface area contributed by atoms with Crippen molar-refractivity contribution in [1.82, 2.24) is 5.43 Å². The van der Waals surface area contributed by atoms with Gasteiger partial charge < -0.3 is 19.3 Å². The van der Waals surface area contributed by atoms with Crippen LogP contribution < -0.4 is 19.6 Å². The Kier molecular flexibility index (Phi) is 6.40. The summed E-state index contributed by atoms with van der Waals surface area (Å²) in [5.74, 6) is 0.342. The molecule has 2 N–H and O–H groups in total. The lowest BCUT2D eigenvalue weighted by molar-refractivity contribution is -0.123. The highest BCUT2D eigenvalue weighted by Gasteiger charge is 2.10. The molecule has 8 nitrogen and oxygen atoms in total. The zero-order chi connectivity index (χ0) is 18.9. The highest BCUT2D eigenvalue weighted by molar-refractivity contribution is 5.84. The molecule has 0 aromatic heterocycles. The van der Waals surface area contributed by atoms with Crippen LogP contribution in [-0.4, -0.2) is 38.1 Å². The van der Waals surface area contributed by atoms with Crippen molar-refractivity contribution in [3.05, 3.63) is 47.5 Å². The fraction of sp³-hybridized carbons (Fsp3) is 0.167. The number of ether oxygens (including phenoxy) is 3. The number of benzene rings is 2. The second kappa shape index (κ2) is 8.94. The number of carbonyl (C=O) groups is 1. The smallest absolute Gasteiger partial charge is 0.277 e. The van der Waals surface area contributed by atoms with Gasteiger partial charge in [0.15, 0.2) is 18.1 Å². The minimum Gasteiger partial charge on any atom is -0.502 e. The Morgan fingerprint density at radius 1 is 1.23 bits per heavy atom. The van der Waals surface area contributed by atoms with E-state index in [1.807, 2.05) is 6.07 Å². The van der Waals surface area contributed by atoms with Crippen LogP contribution in [0.25, 0.3) is 0 Å². The molecule has 0 aliphatic rings. The van der Waals surface area contributed by atoms with E-state index in [2.05, 4.69) is 10.5 Å². The van der Waals surface area contributed by atoms with Gasteiger partial charge in [0.1, 0.15) is 5.75 Å². The molecule has 0 heterocycles. The van der Waals surface area contributed by atoms with Crippen LogP contribution in [0.3, 0.4) is 0 Å². The van der Waals surface area contributed by atoms with Crippen molar-refractivity contribution in [3.8, 4) is 29.1 Å². The number of rotatable bonds is 7. The molecule has 0 bridgehead atoms. The van der Waals surface area contributed by atoms with E-state index in [0.29, 0.717) is 16.9 Å². The second-order valence-corrected chi connectivity index (χ2v) is 4.99. The zero-order valence-corrected chi connectivity index (χ0v) is 14.2. The summed E-state index contributed by atoms with van der Waals surface area (Å²) in [5, 5.41) is 22.4. The first kappa shape index (κ1) is 18.6. The number of methoxy groups -OCH3 is 2. The van der Waals surface area contributed by atoms with Gasteiger partial charge in [-0.1, -0.05) is 0 Å². The molecule has 2 rings (SSSR count). The van der Waals surface area contributed by atoms with Crippen molar-refractivity contribution in [2.45, 2.75) is 0 Å². The van der Waals surface area contributed by atoms with Gasteiger partial charge in [0, 0.05) is 5.56 Å². The van der Waals surface area contributed by atoms with Crippen LogP contribution in [0.4, 0.5) is 0 Å². The average Bonchev–Trinajstić information content (AvgIpc) is 2.67. The summed E-state index contributed by atoms with van der Waals surface area (Å²) < 4.78 is 15.4. The van der Waals surface area contributed by atoms with Crippen LogP contribution in [0.2, 0.25) is 0 Å². The Bertz CT molecular complexity index is 816. The number of carbonyl (C=O) groups excluding carboxylic acids is 1. The number of nitriles is 1. The molecule has 26 heavy (non-hydrogen) atoms. The molecular weight excluding hydrogens is 338 g/mol. The largest absolute Gasteiger partial charge is 0.502 e. The number of aromatic hydroxyl groups is 1. The monoisotopic (exact) mass is 355 g/mol. The van der Waals surface area contributed by atoms with Gasteiger partial charge in [-0.25, -0.2) is 5.43 Å². The second-order valence-electron chi connectivity index (χ2n) is 4.99. The predicted octanol–water partition coefficient (Wildman–Crippen LogP) is 1.81. The summed E-state index contributed by atoms with van der Waals surface area (Å²) in [6.45, 7) is -0.231. The minimum absolute atomic E-state index is 0.119. The molecule has 0 saturated carbocycles. The first-order valence-corrected chi connectivity index (χ1v) is 7.47. The Morgan fingerprint density at radius 3 is 2.38 bits per heavy atom. The van der Waals surface area contributed by atoms with Crippen LogP contribution >= 0.6 is 0 Å². The van der Waals surface area contributed by atoms with Crippen LogP contribution in [0.15, 0.2) is 41.5 Å². The molecule has 8 heteroatoms. The highest BCUT2D eigenvalue weighted by Crippen LogP contribution is 2.36. The van der Waals surface area contributed by atoms with Crippen molar-refractivity contribution >= 4 is 12.1 Å². The topological polar surface area (TPSA) is 113 Å². The predicted molar refractivity (Wildman–Crippen MR) is 93.6 cm³/mol. The van der Waals surface area contributed by atoms with Crippen molar-refractivity contribution in [2.75, 3.05) is 20.8 Å². The number of hydrogen-bond acceptors (Lipinski definition) is 7. The molecule has 0 saturated heterocycles. The lowest BCUT2D eigenvalue weighted by atomic mass is 10.2. The number of phenols is 1. The average molecular weight is 355 g/mol. The number of nitrogens with one attached hydrogen (secondary N) is 1. The molecule has 0 aliphatic heterocycles. The molecule has 1 amide bonds. The summed E-state index contributed by atoms with van der Waals surface area (Å²) >= 11 is 0. The highest BCUT2D eigenvalue weighted by atomic mass is 16.5. The number of hydrazone groups is 1. The Morgan fingerprint density at radius 2 is 1.85 bits per heavy atom. The lowest BCUT2D eigenvalue weighted by Gasteiger charge is -2.09. The normalized spacial score (nSPS) is 10.2. The van der Waals surface area contributed by atoms with Crippen molar-refractivity contribution in [1.29, 1.82) is 5.26 Å². The third-order valence-electron chi connectivity index (χ3n) is 3.26. The molecular formula is C18H17N3O5. The summed E-state index contributed by atoms with van der Waals surface area (Å²) in [6.07, 6.45) is 1.38. The van der Waals surface area contributed by atoms with E-state index in [1.54, 1.807) is 36.4 Å². The molecule has 0 radical (unpaired) electrons. The molecule has 0 aliphatic carbocycles. The van der Waals surface area contributed by atoms with Gasteiger partial charge in [-0.2, -0.15) is 10.4 Å². The first-order chi connectivity index (χ1) is 12.6. The molecule has 0 atom stereocenters. The molecule has 0 fully saturated rings. The summed E-state index contributed by atoms with van der Waals surface area (Å²) in [7, 11) is 2.83. The summed E-state index contributed by atoms with van der Waals surface area (Å²) in [5.41, 5.74) is 3.39.